The van der Waals surface area contributed by atoms with E-state index in [-0.39, 0.29) is 0 Å². The fourth-order valence-corrected chi connectivity index (χ4v) is 3.82. The SMILES string of the molecule is COc1ccc(-c2cc(Nc3ccnc(N4CCS(=O)CC4)n3)on2)cc1. The largest absolute Gasteiger partial charge is 0.497 e. The van der Waals surface area contributed by atoms with Crippen LogP contribution in [0.25, 0.3) is 11.3 Å². The molecule has 1 N–H and O–H groups in total. The van der Waals surface area contributed by atoms with E-state index in [1.54, 1.807) is 19.4 Å². The van der Waals surface area contributed by atoms with Crippen molar-refractivity contribution in [3.05, 3.63) is 42.6 Å². The molecule has 0 amide bonds. The first kappa shape index (κ1) is 17.5. The molecule has 0 spiro atoms. The number of rotatable bonds is 5. The molecule has 0 bridgehead atoms. The first-order valence-electron chi connectivity index (χ1n) is 8.52. The number of nitrogens with zero attached hydrogens (tertiary/aromatic N) is 4. The first-order chi connectivity index (χ1) is 13.2. The number of hydrogen-bond donors (Lipinski definition) is 1. The summed E-state index contributed by atoms with van der Waals surface area (Å²) in [5, 5.41) is 7.21. The minimum absolute atomic E-state index is 0.491. The molecule has 140 valence electrons. The predicted octanol–water partition coefficient (Wildman–Crippen LogP) is 2.45. The third-order valence-corrected chi connectivity index (χ3v) is 5.53. The predicted molar refractivity (Wildman–Crippen MR) is 104 cm³/mol. The van der Waals surface area contributed by atoms with Crippen LogP contribution in [0, 0.1) is 0 Å². The maximum atomic E-state index is 11.5. The lowest BCUT2D eigenvalue weighted by Gasteiger charge is -2.26. The molecule has 0 unspecified atom stereocenters. The molecule has 0 radical (unpaired) electrons. The van der Waals surface area contributed by atoms with E-state index in [2.05, 4.69) is 20.4 Å². The molecule has 0 atom stereocenters. The van der Waals surface area contributed by atoms with E-state index in [4.69, 9.17) is 9.26 Å². The van der Waals surface area contributed by atoms with Gasteiger partial charge in [0.25, 0.3) is 0 Å². The summed E-state index contributed by atoms with van der Waals surface area (Å²) in [6, 6.07) is 11.2. The zero-order valence-corrected chi connectivity index (χ0v) is 15.6. The maximum Gasteiger partial charge on any atom is 0.230 e. The van der Waals surface area contributed by atoms with E-state index < -0.39 is 10.8 Å². The van der Waals surface area contributed by atoms with E-state index in [9.17, 15) is 4.21 Å². The number of hydrogen-bond acceptors (Lipinski definition) is 8. The van der Waals surface area contributed by atoms with Crippen molar-refractivity contribution in [3.8, 4) is 17.0 Å². The van der Waals surface area contributed by atoms with Crippen LogP contribution in [0.15, 0.2) is 47.1 Å². The van der Waals surface area contributed by atoms with Crippen LogP contribution < -0.4 is 15.0 Å². The van der Waals surface area contributed by atoms with Crippen LogP contribution in [0.2, 0.25) is 0 Å². The van der Waals surface area contributed by atoms with Gasteiger partial charge in [0.2, 0.25) is 11.8 Å². The molecule has 1 fully saturated rings. The number of nitrogens with one attached hydrogen (secondary N) is 1. The molecule has 1 aromatic carbocycles. The van der Waals surface area contributed by atoms with Gasteiger partial charge in [0.15, 0.2) is 0 Å². The highest BCUT2D eigenvalue weighted by molar-refractivity contribution is 7.85. The number of ether oxygens (including phenoxy) is 1. The number of benzene rings is 1. The van der Waals surface area contributed by atoms with E-state index in [1.165, 1.54) is 0 Å². The zero-order valence-electron chi connectivity index (χ0n) is 14.8. The smallest absolute Gasteiger partial charge is 0.230 e. The average Bonchev–Trinajstić information content (AvgIpc) is 3.17. The van der Waals surface area contributed by atoms with Crippen molar-refractivity contribution in [1.29, 1.82) is 0 Å². The van der Waals surface area contributed by atoms with Crippen molar-refractivity contribution in [2.75, 3.05) is 41.9 Å². The van der Waals surface area contributed by atoms with E-state index in [0.717, 1.165) is 11.3 Å². The lowest BCUT2D eigenvalue weighted by Crippen LogP contribution is -2.38. The van der Waals surface area contributed by atoms with Crippen LogP contribution in [0.3, 0.4) is 0 Å². The normalized spacial score (nSPS) is 14.9. The molecule has 27 heavy (non-hydrogen) atoms. The second kappa shape index (κ2) is 7.75. The summed E-state index contributed by atoms with van der Waals surface area (Å²) in [5.41, 5.74) is 1.64. The van der Waals surface area contributed by atoms with Crippen molar-refractivity contribution in [1.82, 2.24) is 15.1 Å². The average molecular weight is 385 g/mol. The van der Waals surface area contributed by atoms with Gasteiger partial charge < -0.3 is 19.5 Å². The van der Waals surface area contributed by atoms with Gasteiger partial charge in [-0.05, 0) is 30.3 Å². The minimum Gasteiger partial charge on any atom is -0.497 e. The summed E-state index contributed by atoms with van der Waals surface area (Å²) in [4.78, 5) is 10.9. The first-order valence-corrected chi connectivity index (χ1v) is 10.0. The van der Waals surface area contributed by atoms with E-state index in [0.29, 0.717) is 47.9 Å². The van der Waals surface area contributed by atoms with Crippen molar-refractivity contribution in [3.63, 3.8) is 0 Å². The van der Waals surface area contributed by atoms with Crippen LogP contribution in [0.4, 0.5) is 17.7 Å². The summed E-state index contributed by atoms with van der Waals surface area (Å²) in [5.74, 6) is 3.81. The van der Waals surface area contributed by atoms with Gasteiger partial charge >= 0.3 is 0 Å². The molecule has 9 heteroatoms. The Morgan fingerprint density at radius 1 is 1.19 bits per heavy atom. The monoisotopic (exact) mass is 385 g/mol. The number of anilines is 3. The lowest BCUT2D eigenvalue weighted by molar-refractivity contribution is 0.415. The van der Waals surface area contributed by atoms with Gasteiger partial charge in [0.05, 0.1) is 7.11 Å². The highest BCUT2D eigenvalue weighted by Gasteiger charge is 2.18. The van der Waals surface area contributed by atoms with Gasteiger partial charge in [-0.15, -0.1) is 0 Å². The highest BCUT2D eigenvalue weighted by Crippen LogP contribution is 2.25. The summed E-state index contributed by atoms with van der Waals surface area (Å²) in [6.07, 6.45) is 1.69. The molecule has 1 aliphatic heterocycles. The van der Waals surface area contributed by atoms with Crippen LogP contribution >= 0.6 is 0 Å². The lowest BCUT2D eigenvalue weighted by atomic mass is 10.1. The Labute approximate surface area is 159 Å². The van der Waals surface area contributed by atoms with E-state index in [1.807, 2.05) is 35.2 Å². The number of methoxy groups -OCH3 is 1. The maximum absolute atomic E-state index is 11.5. The van der Waals surface area contributed by atoms with Crippen LogP contribution in [-0.2, 0) is 10.8 Å². The topological polar surface area (TPSA) is 93.4 Å². The Morgan fingerprint density at radius 3 is 2.70 bits per heavy atom. The van der Waals surface area contributed by atoms with Gasteiger partial charge in [-0.1, -0.05) is 5.16 Å². The van der Waals surface area contributed by atoms with Crippen LogP contribution in [0.5, 0.6) is 5.75 Å². The molecule has 1 aliphatic rings. The Bertz CT molecular complexity index is 934. The second-order valence-electron chi connectivity index (χ2n) is 6.01. The van der Waals surface area contributed by atoms with Gasteiger partial charge in [0.1, 0.15) is 17.3 Å². The van der Waals surface area contributed by atoms with Crippen molar-refractivity contribution < 1.29 is 13.5 Å². The Hall–Kier alpha value is -2.94. The molecule has 8 nitrogen and oxygen atoms in total. The fraction of sp³-hybridized carbons (Fsp3) is 0.278. The van der Waals surface area contributed by atoms with E-state index >= 15 is 0 Å². The Kier molecular flexibility index (Phi) is 5.01. The van der Waals surface area contributed by atoms with Crippen LogP contribution in [0.1, 0.15) is 0 Å². The summed E-state index contributed by atoms with van der Waals surface area (Å²) in [7, 11) is 0.898. The third kappa shape index (κ3) is 4.08. The fourth-order valence-electron chi connectivity index (χ4n) is 2.77. The standard InChI is InChI=1S/C18H19N5O3S/c1-25-14-4-2-13(3-5-14)15-12-17(26-22-15)20-16-6-7-19-18(21-16)23-8-10-27(24)11-9-23/h2-7,12H,8-11H2,1H3,(H,19,20,21). The molecule has 1 saturated heterocycles. The highest BCUT2D eigenvalue weighted by atomic mass is 32.2. The quantitative estimate of drug-likeness (QED) is 0.716. The molecular weight excluding hydrogens is 366 g/mol. The number of aromatic nitrogens is 3. The van der Waals surface area contributed by atoms with Gasteiger partial charge in [-0.3, -0.25) is 4.21 Å². The van der Waals surface area contributed by atoms with Crippen molar-refractivity contribution in [2.24, 2.45) is 0 Å². The summed E-state index contributed by atoms with van der Waals surface area (Å²) < 4.78 is 22.0. The van der Waals surface area contributed by atoms with Crippen LogP contribution in [-0.4, -0.2) is 51.0 Å². The van der Waals surface area contributed by atoms with Crippen molar-refractivity contribution in [2.45, 2.75) is 0 Å². The zero-order chi connectivity index (χ0) is 18.6. The molecule has 0 aliphatic carbocycles. The molecule has 4 rings (SSSR count). The molecule has 0 saturated carbocycles. The molecule has 3 aromatic rings. The summed E-state index contributed by atoms with van der Waals surface area (Å²) >= 11 is 0. The summed E-state index contributed by atoms with van der Waals surface area (Å²) in [6.45, 7) is 1.39. The Balaban J connectivity index is 1.47. The van der Waals surface area contributed by atoms with Gasteiger partial charge in [0, 0.05) is 53.2 Å². The molecule has 3 heterocycles. The third-order valence-electron chi connectivity index (χ3n) is 4.25. The van der Waals surface area contributed by atoms with Crippen molar-refractivity contribution >= 4 is 28.4 Å². The molecule has 2 aromatic heterocycles. The van der Waals surface area contributed by atoms with Gasteiger partial charge in [-0.25, -0.2) is 4.98 Å². The minimum atomic E-state index is -0.733. The second-order valence-corrected chi connectivity index (χ2v) is 7.70. The van der Waals surface area contributed by atoms with Gasteiger partial charge in [-0.2, -0.15) is 4.98 Å². The molecular formula is C18H19N5O3S. The Morgan fingerprint density at radius 2 is 1.96 bits per heavy atom.